The molecule has 17 heavy (non-hydrogen) atoms. The van der Waals surface area contributed by atoms with E-state index in [1.807, 2.05) is 12.1 Å². The lowest BCUT2D eigenvalue weighted by Crippen LogP contribution is -1.99. The van der Waals surface area contributed by atoms with E-state index in [0.717, 1.165) is 18.8 Å². The van der Waals surface area contributed by atoms with E-state index in [0.29, 0.717) is 0 Å². The van der Waals surface area contributed by atoms with E-state index in [2.05, 4.69) is 49.6 Å². The van der Waals surface area contributed by atoms with Crippen molar-refractivity contribution in [1.29, 1.82) is 0 Å². The van der Waals surface area contributed by atoms with Gasteiger partial charge in [-0.15, -0.1) is 0 Å². The molecule has 0 saturated heterocycles. The molecule has 2 rings (SSSR count). The topological polar surface area (TPSA) is 14.2 Å². The van der Waals surface area contributed by atoms with Crippen LogP contribution >= 0.6 is 0 Å². The summed E-state index contributed by atoms with van der Waals surface area (Å²) in [4.78, 5) is 0. The van der Waals surface area contributed by atoms with Gasteiger partial charge in [-0.25, -0.2) is 0 Å². The number of ether oxygens (including phenoxy) is 1. The van der Waals surface area contributed by atoms with Gasteiger partial charge in [-0.3, -0.25) is 0 Å². The highest BCUT2D eigenvalue weighted by Gasteiger charge is 2.03. The molecule has 90 valence electrons. The molecule has 0 spiro atoms. The van der Waals surface area contributed by atoms with Gasteiger partial charge < -0.3 is 9.30 Å². The van der Waals surface area contributed by atoms with Gasteiger partial charge >= 0.3 is 0 Å². The fourth-order valence-corrected chi connectivity index (χ4v) is 1.99. The first-order valence-corrected chi connectivity index (χ1v) is 6.10. The number of hydrogen-bond acceptors (Lipinski definition) is 1. The molecule has 2 heteroatoms. The van der Waals surface area contributed by atoms with Gasteiger partial charge in [-0.1, -0.05) is 6.92 Å². The third kappa shape index (κ3) is 2.52. The van der Waals surface area contributed by atoms with Crippen LogP contribution < -0.4 is 4.74 Å². The Balaban J connectivity index is 2.23. The zero-order chi connectivity index (χ0) is 12.3. The van der Waals surface area contributed by atoms with Crippen molar-refractivity contribution in [2.45, 2.75) is 27.2 Å². The molecule has 1 aromatic heterocycles. The lowest BCUT2D eigenvalue weighted by molar-refractivity contribution is 0.317. The summed E-state index contributed by atoms with van der Waals surface area (Å²) in [6, 6.07) is 12.5. The molecular weight excluding hydrogens is 210 g/mol. The van der Waals surface area contributed by atoms with Crippen molar-refractivity contribution in [3.8, 4) is 11.4 Å². The van der Waals surface area contributed by atoms with E-state index in [9.17, 15) is 0 Å². The molecule has 0 aliphatic carbocycles. The molecule has 0 aliphatic heterocycles. The zero-order valence-corrected chi connectivity index (χ0v) is 10.7. The molecule has 0 fully saturated rings. The average molecular weight is 229 g/mol. The molecule has 2 aromatic rings. The molecule has 0 radical (unpaired) electrons. The third-order valence-corrected chi connectivity index (χ3v) is 2.84. The van der Waals surface area contributed by atoms with Gasteiger partial charge in [0.15, 0.2) is 0 Å². The van der Waals surface area contributed by atoms with E-state index in [-0.39, 0.29) is 0 Å². The molecule has 1 heterocycles. The standard InChI is InChI=1S/C15H19NO/c1-4-11-17-15-9-7-14(8-10-15)16-12(2)5-6-13(16)3/h5-10H,4,11H2,1-3H3. The molecule has 1 aromatic carbocycles. The first-order valence-electron chi connectivity index (χ1n) is 6.10. The summed E-state index contributed by atoms with van der Waals surface area (Å²) in [7, 11) is 0. The Kier molecular flexibility index (Phi) is 3.52. The SMILES string of the molecule is CCCOc1ccc(-n2c(C)ccc2C)cc1. The highest BCUT2D eigenvalue weighted by molar-refractivity contribution is 5.41. The summed E-state index contributed by atoms with van der Waals surface area (Å²) < 4.78 is 7.82. The third-order valence-electron chi connectivity index (χ3n) is 2.84. The van der Waals surface area contributed by atoms with Crippen molar-refractivity contribution in [3.05, 3.63) is 47.8 Å². The average Bonchev–Trinajstić information content (AvgIpc) is 2.67. The quantitative estimate of drug-likeness (QED) is 0.776. The maximum atomic E-state index is 5.58. The Morgan fingerprint density at radius 3 is 2.06 bits per heavy atom. The lowest BCUT2D eigenvalue weighted by atomic mass is 10.3. The zero-order valence-electron chi connectivity index (χ0n) is 10.7. The molecule has 0 N–H and O–H groups in total. The predicted molar refractivity (Wildman–Crippen MR) is 71.0 cm³/mol. The fraction of sp³-hybridized carbons (Fsp3) is 0.333. The fourth-order valence-electron chi connectivity index (χ4n) is 1.99. The van der Waals surface area contributed by atoms with Crippen LogP contribution in [0.15, 0.2) is 36.4 Å². The Labute approximate surface area is 103 Å². The van der Waals surface area contributed by atoms with Crippen molar-refractivity contribution in [3.63, 3.8) is 0 Å². The van der Waals surface area contributed by atoms with Crippen LogP contribution in [0, 0.1) is 13.8 Å². The van der Waals surface area contributed by atoms with Gasteiger partial charge in [-0.2, -0.15) is 0 Å². The van der Waals surface area contributed by atoms with Crippen LogP contribution in [0.1, 0.15) is 24.7 Å². The number of rotatable bonds is 4. The lowest BCUT2D eigenvalue weighted by Gasteiger charge is -2.10. The normalized spacial score (nSPS) is 10.5. The second-order valence-electron chi connectivity index (χ2n) is 4.29. The van der Waals surface area contributed by atoms with Gasteiger partial charge in [0.1, 0.15) is 5.75 Å². The van der Waals surface area contributed by atoms with Crippen molar-refractivity contribution >= 4 is 0 Å². The van der Waals surface area contributed by atoms with Gasteiger partial charge in [0.05, 0.1) is 6.61 Å². The highest BCUT2D eigenvalue weighted by atomic mass is 16.5. The minimum absolute atomic E-state index is 0.779. The van der Waals surface area contributed by atoms with Gasteiger partial charge in [0.25, 0.3) is 0 Å². The van der Waals surface area contributed by atoms with Crippen molar-refractivity contribution < 1.29 is 4.74 Å². The van der Waals surface area contributed by atoms with E-state index in [4.69, 9.17) is 4.74 Å². The summed E-state index contributed by atoms with van der Waals surface area (Å²) in [5, 5.41) is 0. The summed E-state index contributed by atoms with van der Waals surface area (Å²) in [5.74, 6) is 0.943. The molecule has 0 atom stereocenters. The summed E-state index contributed by atoms with van der Waals surface area (Å²) in [6.45, 7) is 7.13. The number of nitrogens with zero attached hydrogens (tertiary/aromatic N) is 1. The van der Waals surface area contributed by atoms with Gasteiger partial charge in [0.2, 0.25) is 0 Å². The summed E-state index contributed by atoms with van der Waals surface area (Å²) >= 11 is 0. The largest absolute Gasteiger partial charge is 0.494 e. The monoisotopic (exact) mass is 229 g/mol. The van der Waals surface area contributed by atoms with E-state index < -0.39 is 0 Å². The Bertz CT molecular complexity index is 463. The Morgan fingerprint density at radius 1 is 0.941 bits per heavy atom. The molecule has 0 unspecified atom stereocenters. The first kappa shape index (κ1) is 11.8. The number of hydrogen-bond donors (Lipinski definition) is 0. The smallest absolute Gasteiger partial charge is 0.119 e. The van der Waals surface area contributed by atoms with Crippen LogP contribution in [0.3, 0.4) is 0 Å². The summed E-state index contributed by atoms with van der Waals surface area (Å²) in [5.41, 5.74) is 3.70. The minimum atomic E-state index is 0.779. The van der Waals surface area contributed by atoms with Crippen molar-refractivity contribution in [2.24, 2.45) is 0 Å². The van der Waals surface area contributed by atoms with Crippen LogP contribution in [0.4, 0.5) is 0 Å². The second kappa shape index (κ2) is 5.09. The van der Waals surface area contributed by atoms with Crippen LogP contribution in [0.25, 0.3) is 5.69 Å². The van der Waals surface area contributed by atoms with Crippen LogP contribution in [-0.2, 0) is 0 Å². The Hall–Kier alpha value is -1.70. The summed E-state index contributed by atoms with van der Waals surface area (Å²) in [6.07, 6.45) is 1.04. The molecule has 0 bridgehead atoms. The molecule has 0 saturated carbocycles. The number of aryl methyl sites for hydroxylation is 2. The molecule has 2 nitrogen and oxygen atoms in total. The molecular formula is C15H19NO. The maximum absolute atomic E-state index is 5.58. The van der Waals surface area contributed by atoms with E-state index in [1.165, 1.54) is 17.1 Å². The van der Waals surface area contributed by atoms with E-state index >= 15 is 0 Å². The maximum Gasteiger partial charge on any atom is 0.119 e. The van der Waals surface area contributed by atoms with Crippen molar-refractivity contribution in [2.75, 3.05) is 6.61 Å². The second-order valence-corrected chi connectivity index (χ2v) is 4.29. The van der Waals surface area contributed by atoms with Crippen LogP contribution in [0.5, 0.6) is 5.75 Å². The number of aromatic nitrogens is 1. The van der Waals surface area contributed by atoms with Gasteiger partial charge in [-0.05, 0) is 56.7 Å². The first-order chi connectivity index (χ1) is 8.22. The van der Waals surface area contributed by atoms with E-state index in [1.54, 1.807) is 0 Å². The van der Waals surface area contributed by atoms with Gasteiger partial charge in [0, 0.05) is 17.1 Å². The Morgan fingerprint density at radius 2 is 1.53 bits per heavy atom. The predicted octanol–water partition coefficient (Wildman–Crippen LogP) is 3.88. The number of benzene rings is 1. The highest BCUT2D eigenvalue weighted by Crippen LogP contribution is 2.19. The van der Waals surface area contributed by atoms with Crippen LogP contribution in [0.2, 0.25) is 0 Å². The minimum Gasteiger partial charge on any atom is -0.494 e. The van der Waals surface area contributed by atoms with Crippen LogP contribution in [-0.4, -0.2) is 11.2 Å². The van der Waals surface area contributed by atoms with Crippen molar-refractivity contribution in [1.82, 2.24) is 4.57 Å². The molecule has 0 aliphatic rings. The molecule has 0 amide bonds.